The van der Waals surface area contributed by atoms with Gasteiger partial charge in [0, 0.05) is 56.3 Å². The van der Waals surface area contributed by atoms with E-state index in [1.807, 2.05) is 0 Å². The van der Waals surface area contributed by atoms with Gasteiger partial charge in [-0.25, -0.2) is 0 Å². The zero-order valence-corrected chi connectivity index (χ0v) is 14.8. The maximum atomic E-state index is 2.82. The molecule has 0 aromatic carbocycles. The van der Waals surface area contributed by atoms with Gasteiger partial charge in [-0.3, -0.25) is 9.80 Å². The Morgan fingerprint density at radius 2 is 1.76 bits per heavy atom. The van der Waals surface area contributed by atoms with Crippen LogP contribution in [0.15, 0.2) is 0 Å². The third-order valence-electron chi connectivity index (χ3n) is 5.50. The maximum Gasteiger partial charge on any atom is 0.0214 e. The molecule has 3 aliphatic rings. The quantitative estimate of drug-likeness (QED) is 0.744. The molecule has 21 heavy (non-hydrogen) atoms. The Labute approximate surface area is 135 Å². The maximum absolute atomic E-state index is 2.82. The minimum absolute atomic E-state index is 0.720. The first kappa shape index (κ1) is 16.1. The number of hydrogen-bond donors (Lipinski definition) is 0. The molecule has 1 saturated carbocycles. The van der Waals surface area contributed by atoms with Crippen LogP contribution in [0.3, 0.4) is 0 Å². The number of thioether (sulfide) groups is 1. The Hall–Kier alpha value is 0.230. The summed E-state index contributed by atoms with van der Waals surface area (Å²) in [5.41, 5.74) is 0. The monoisotopic (exact) mass is 311 g/mol. The van der Waals surface area contributed by atoms with E-state index in [1.54, 1.807) is 0 Å². The number of hydrogen-bond acceptors (Lipinski definition) is 4. The Balaban J connectivity index is 1.34. The van der Waals surface area contributed by atoms with Crippen LogP contribution in [0.4, 0.5) is 0 Å². The molecule has 0 bridgehead atoms. The van der Waals surface area contributed by atoms with Gasteiger partial charge < -0.3 is 4.90 Å². The number of rotatable bonds is 6. The molecule has 0 amide bonds. The molecule has 2 heterocycles. The second kappa shape index (κ2) is 7.67. The van der Waals surface area contributed by atoms with Gasteiger partial charge in [-0.05, 0) is 52.1 Å². The third kappa shape index (κ3) is 4.60. The van der Waals surface area contributed by atoms with E-state index < -0.39 is 0 Å². The van der Waals surface area contributed by atoms with E-state index in [1.165, 1.54) is 76.6 Å². The summed E-state index contributed by atoms with van der Waals surface area (Å²) in [7, 11) is 0. The zero-order chi connectivity index (χ0) is 14.7. The molecular weight excluding hydrogens is 278 g/mol. The predicted octanol–water partition coefficient (Wildman–Crippen LogP) is 2.23. The Kier molecular flexibility index (Phi) is 5.88. The highest BCUT2D eigenvalue weighted by atomic mass is 32.2. The summed E-state index contributed by atoms with van der Waals surface area (Å²) in [5.74, 6) is 3.81. The molecule has 3 rings (SSSR count). The van der Waals surface area contributed by atoms with E-state index in [0.717, 1.165) is 18.0 Å². The van der Waals surface area contributed by atoms with Crippen molar-refractivity contribution in [3.8, 4) is 0 Å². The first-order valence-electron chi connectivity index (χ1n) is 9.02. The summed E-state index contributed by atoms with van der Waals surface area (Å²) < 4.78 is 0. The normalized spacial score (nSPS) is 30.1. The van der Waals surface area contributed by atoms with Crippen molar-refractivity contribution in [2.24, 2.45) is 5.92 Å². The van der Waals surface area contributed by atoms with Gasteiger partial charge >= 0.3 is 0 Å². The third-order valence-corrected chi connectivity index (χ3v) is 6.55. The minimum atomic E-state index is 0.720. The standard InChI is InChI=1S/C17H33N3S/c1-15(2)19-10-8-18(9-11-19)6-3-7-20-12-13-21-14-17(20)16-4-5-16/h15-17H,3-14H2,1-2H3/t17-/m0/s1. The van der Waals surface area contributed by atoms with E-state index >= 15 is 0 Å². The average molecular weight is 312 g/mol. The Bertz CT molecular complexity index is 311. The highest BCUT2D eigenvalue weighted by Crippen LogP contribution is 2.38. The summed E-state index contributed by atoms with van der Waals surface area (Å²) >= 11 is 2.18. The molecular formula is C17H33N3S. The molecule has 1 atom stereocenters. The Morgan fingerprint density at radius 3 is 2.43 bits per heavy atom. The van der Waals surface area contributed by atoms with Crippen LogP contribution in [-0.4, -0.2) is 84.1 Å². The fourth-order valence-corrected chi connectivity index (χ4v) is 5.11. The molecule has 122 valence electrons. The topological polar surface area (TPSA) is 9.72 Å². The summed E-state index contributed by atoms with van der Waals surface area (Å²) in [6.07, 6.45) is 4.37. The van der Waals surface area contributed by atoms with Crippen molar-refractivity contribution in [3.63, 3.8) is 0 Å². The van der Waals surface area contributed by atoms with Gasteiger partial charge in [0.05, 0.1) is 0 Å². The lowest BCUT2D eigenvalue weighted by Gasteiger charge is -2.38. The van der Waals surface area contributed by atoms with Crippen molar-refractivity contribution in [3.05, 3.63) is 0 Å². The second-order valence-electron chi connectivity index (χ2n) is 7.34. The van der Waals surface area contributed by atoms with E-state index in [-0.39, 0.29) is 0 Å². The lowest BCUT2D eigenvalue weighted by molar-refractivity contribution is 0.102. The summed E-state index contributed by atoms with van der Waals surface area (Å²) in [6.45, 7) is 13.7. The van der Waals surface area contributed by atoms with Crippen molar-refractivity contribution in [2.75, 3.05) is 57.3 Å². The van der Waals surface area contributed by atoms with Crippen molar-refractivity contribution in [2.45, 2.75) is 45.2 Å². The molecule has 0 aromatic rings. The van der Waals surface area contributed by atoms with E-state index in [2.05, 4.69) is 40.3 Å². The highest BCUT2D eigenvalue weighted by Gasteiger charge is 2.36. The van der Waals surface area contributed by atoms with Gasteiger partial charge in [-0.15, -0.1) is 0 Å². The largest absolute Gasteiger partial charge is 0.301 e. The van der Waals surface area contributed by atoms with Crippen LogP contribution in [0.25, 0.3) is 0 Å². The summed E-state index contributed by atoms with van der Waals surface area (Å²) in [5, 5.41) is 0. The van der Waals surface area contributed by atoms with Crippen LogP contribution >= 0.6 is 11.8 Å². The molecule has 4 heteroatoms. The van der Waals surface area contributed by atoms with Gasteiger partial charge in [-0.2, -0.15) is 11.8 Å². The molecule has 1 aliphatic carbocycles. The summed E-state index contributed by atoms with van der Waals surface area (Å²) in [4.78, 5) is 8.11. The van der Waals surface area contributed by atoms with E-state index in [4.69, 9.17) is 0 Å². The van der Waals surface area contributed by atoms with Crippen molar-refractivity contribution in [1.82, 2.24) is 14.7 Å². The first-order valence-corrected chi connectivity index (χ1v) is 10.2. The van der Waals surface area contributed by atoms with Gasteiger partial charge in [0.2, 0.25) is 0 Å². The van der Waals surface area contributed by atoms with Gasteiger partial charge in [0.15, 0.2) is 0 Å². The molecule has 0 N–H and O–H groups in total. The number of nitrogens with zero attached hydrogens (tertiary/aromatic N) is 3. The van der Waals surface area contributed by atoms with Crippen molar-refractivity contribution >= 4 is 11.8 Å². The van der Waals surface area contributed by atoms with Crippen LogP contribution < -0.4 is 0 Å². The van der Waals surface area contributed by atoms with Crippen LogP contribution in [0.2, 0.25) is 0 Å². The number of piperazine rings is 1. The molecule has 0 radical (unpaired) electrons. The van der Waals surface area contributed by atoms with Gasteiger partial charge in [0.1, 0.15) is 0 Å². The lowest BCUT2D eigenvalue weighted by atomic mass is 10.1. The average Bonchev–Trinajstić information content (AvgIpc) is 3.33. The van der Waals surface area contributed by atoms with Gasteiger partial charge in [-0.1, -0.05) is 0 Å². The minimum Gasteiger partial charge on any atom is -0.301 e. The van der Waals surface area contributed by atoms with Crippen LogP contribution in [0.1, 0.15) is 33.1 Å². The molecule has 0 spiro atoms. The fraction of sp³-hybridized carbons (Fsp3) is 1.00. The molecule has 0 aromatic heterocycles. The fourth-order valence-electron chi connectivity index (χ4n) is 3.85. The Morgan fingerprint density at radius 1 is 1.00 bits per heavy atom. The van der Waals surface area contributed by atoms with Crippen LogP contribution in [-0.2, 0) is 0 Å². The molecule has 3 nitrogen and oxygen atoms in total. The van der Waals surface area contributed by atoms with E-state index in [9.17, 15) is 0 Å². The van der Waals surface area contributed by atoms with Crippen molar-refractivity contribution < 1.29 is 0 Å². The molecule has 3 fully saturated rings. The predicted molar refractivity (Wildman–Crippen MR) is 93.2 cm³/mol. The van der Waals surface area contributed by atoms with Crippen molar-refractivity contribution in [1.29, 1.82) is 0 Å². The smallest absolute Gasteiger partial charge is 0.0214 e. The van der Waals surface area contributed by atoms with Gasteiger partial charge in [0.25, 0.3) is 0 Å². The van der Waals surface area contributed by atoms with Crippen LogP contribution in [0.5, 0.6) is 0 Å². The summed E-state index contributed by atoms with van der Waals surface area (Å²) in [6, 6.07) is 1.64. The van der Waals surface area contributed by atoms with E-state index in [0.29, 0.717) is 0 Å². The first-order chi connectivity index (χ1) is 10.2. The van der Waals surface area contributed by atoms with Crippen LogP contribution in [0, 0.1) is 5.92 Å². The lowest BCUT2D eigenvalue weighted by Crippen LogP contribution is -2.49. The highest BCUT2D eigenvalue weighted by molar-refractivity contribution is 7.99. The molecule has 2 aliphatic heterocycles. The molecule has 2 saturated heterocycles. The second-order valence-corrected chi connectivity index (χ2v) is 8.49. The SMILES string of the molecule is CC(C)N1CCN(CCCN2CCSC[C@H]2C2CC2)CC1. The molecule has 0 unspecified atom stereocenters. The zero-order valence-electron chi connectivity index (χ0n) is 14.0.